The molecular weight excluding hydrogens is 364 g/mol. The molecule has 0 amide bonds. The molecule has 2 aliphatic heterocycles. The van der Waals surface area contributed by atoms with Gasteiger partial charge < -0.3 is 19.1 Å². The third kappa shape index (κ3) is 2.97. The van der Waals surface area contributed by atoms with Gasteiger partial charge >= 0.3 is 6.75 Å². The van der Waals surface area contributed by atoms with Crippen LogP contribution >= 0.6 is 0 Å². The molecule has 4 heterocycles. The van der Waals surface area contributed by atoms with Crippen molar-refractivity contribution in [1.29, 1.82) is 0 Å². The molecule has 152 valence electrons. The van der Waals surface area contributed by atoms with Crippen LogP contribution in [0.1, 0.15) is 55.3 Å². The third-order valence-corrected chi connectivity index (χ3v) is 5.62. The molecule has 4 rings (SSSR count). The molecule has 2 aromatic heterocycles. The smallest absolute Gasteiger partial charge is 0.412 e. The summed E-state index contributed by atoms with van der Waals surface area (Å²) in [6.45, 7) is -3.41. The first kappa shape index (κ1) is 13.4. The van der Waals surface area contributed by atoms with Crippen LogP contribution in [0.2, 0.25) is 0 Å². The largest absolute Gasteiger partial charge is 0.555 e. The van der Waals surface area contributed by atoms with E-state index in [0.717, 1.165) is 12.3 Å². The predicted octanol–water partition coefficient (Wildman–Crippen LogP) is 2.14. The van der Waals surface area contributed by atoms with Crippen LogP contribution in [-0.2, 0) is 27.2 Å². The molecule has 0 bridgehead atoms. The number of hydrogen-bond donors (Lipinski definition) is 1. The van der Waals surface area contributed by atoms with Crippen molar-refractivity contribution in [2.75, 3.05) is 0 Å². The van der Waals surface area contributed by atoms with Gasteiger partial charge in [0.15, 0.2) is 0 Å². The summed E-state index contributed by atoms with van der Waals surface area (Å²) in [5.41, 5.74) is -4.00. The molecule has 0 spiro atoms. The predicted molar refractivity (Wildman–Crippen MR) is 102 cm³/mol. The zero-order chi connectivity index (χ0) is 25.5. The Kier molecular flexibility index (Phi) is 2.81. The van der Waals surface area contributed by atoms with Crippen molar-refractivity contribution in [3.8, 4) is 11.4 Å². The molecule has 0 atom stereocenters. The first-order valence-electron chi connectivity index (χ1n) is 12.0. The molecule has 0 aromatic carbocycles. The Labute approximate surface area is 172 Å². The highest BCUT2D eigenvalue weighted by molar-refractivity contribution is 6.76. The van der Waals surface area contributed by atoms with Gasteiger partial charge in [0, 0.05) is 25.1 Å². The van der Waals surface area contributed by atoms with E-state index in [-0.39, 0.29) is 22.5 Å². The van der Waals surface area contributed by atoms with E-state index < -0.39 is 56.2 Å². The Balaban J connectivity index is 1.94. The zero-order valence-corrected chi connectivity index (χ0v) is 16.1. The van der Waals surface area contributed by atoms with Crippen LogP contribution in [0.5, 0.6) is 0 Å². The molecule has 9 heteroatoms. The van der Waals surface area contributed by atoms with Crippen molar-refractivity contribution in [2.45, 2.75) is 71.4 Å². The van der Waals surface area contributed by atoms with Crippen molar-refractivity contribution in [3.63, 3.8) is 0 Å². The lowest BCUT2D eigenvalue weighted by Gasteiger charge is -2.36. The summed E-state index contributed by atoms with van der Waals surface area (Å²) >= 11 is 0. The van der Waals surface area contributed by atoms with E-state index >= 15 is 0 Å². The number of rotatable bonds is 2. The second-order valence-electron chi connectivity index (χ2n) is 8.27. The molecule has 2 aromatic rings. The molecule has 0 saturated carbocycles. The molecule has 7 nitrogen and oxygen atoms in total. The summed E-state index contributed by atoms with van der Waals surface area (Å²) in [5, 5.41) is 16.0. The molecule has 0 aliphatic carbocycles. The number of halogens is 1. The van der Waals surface area contributed by atoms with Gasteiger partial charge in [-0.1, -0.05) is 5.46 Å². The summed E-state index contributed by atoms with van der Waals surface area (Å²) in [5.74, 6) is -0.596. The number of pyridine rings is 1. The minimum atomic E-state index is -3.19. The van der Waals surface area contributed by atoms with Crippen LogP contribution in [0.3, 0.4) is 0 Å². The number of fused-ring (bicyclic) bond motifs is 1. The molecule has 1 N–H and O–H groups in total. The number of hydrogen-bond acceptors (Lipinski definition) is 6. The monoisotopic (exact) mass is 396 g/mol. The van der Waals surface area contributed by atoms with Crippen LogP contribution in [0.4, 0.5) is 4.39 Å². The maximum absolute atomic E-state index is 13.5. The zero-order valence-electron chi connectivity index (χ0n) is 22.1. The van der Waals surface area contributed by atoms with Gasteiger partial charge in [0.05, 0.1) is 36.3 Å². The van der Waals surface area contributed by atoms with Crippen molar-refractivity contribution in [1.82, 2.24) is 14.8 Å². The minimum absolute atomic E-state index is 0.0430. The van der Waals surface area contributed by atoms with Gasteiger partial charge in [-0.05, 0) is 53.5 Å². The van der Waals surface area contributed by atoms with Gasteiger partial charge in [-0.15, -0.1) is 0 Å². The number of ether oxygens (including phenoxy) is 1. The third-order valence-electron chi connectivity index (χ3n) is 5.62. The van der Waals surface area contributed by atoms with Crippen LogP contribution < -0.4 is 5.46 Å². The van der Waals surface area contributed by atoms with Crippen molar-refractivity contribution in [2.24, 2.45) is 0 Å². The molecule has 0 unspecified atom stereocenters. The molecule has 1 saturated heterocycles. The first-order valence-corrected chi connectivity index (χ1v) is 8.96. The Bertz CT molecular complexity index is 1090. The average Bonchev–Trinajstić information content (AvgIpc) is 3.12. The van der Waals surface area contributed by atoms with Crippen LogP contribution in [0.25, 0.3) is 11.4 Å². The van der Waals surface area contributed by atoms with Gasteiger partial charge in [-0.3, -0.25) is 9.67 Å². The first-order chi connectivity index (χ1) is 15.3. The molecular formula is C19H26BFN3O4-. The van der Waals surface area contributed by atoms with Gasteiger partial charge in [-0.2, -0.15) is 5.10 Å². The van der Waals surface area contributed by atoms with E-state index in [1.807, 2.05) is 0 Å². The lowest BCUT2D eigenvalue weighted by molar-refractivity contribution is -0.0658. The summed E-state index contributed by atoms with van der Waals surface area (Å²) in [7, 11) is 0. The highest BCUT2D eigenvalue weighted by atomic mass is 19.1. The number of nitrogens with zero attached hydrogens (tertiary/aromatic N) is 3. The van der Waals surface area contributed by atoms with Crippen LogP contribution in [0.15, 0.2) is 18.3 Å². The fraction of sp³-hybridized carbons (Fsp3) is 0.579. The number of aromatic nitrogens is 3. The topological polar surface area (TPSA) is 78.6 Å². The van der Waals surface area contributed by atoms with Gasteiger partial charge in [0.2, 0.25) is 0 Å². The molecule has 2 aliphatic rings. The SMILES string of the molecule is [2H]C([2H])([2H])C1(C([2H])([2H])[2H])Cn2nc(-c3ccc(F)cn3)c([B-]3(O)OC(C)(C)C(C)(C)O3)c2CO1. The van der Waals surface area contributed by atoms with E-state index in [1.54, 1.807) is 27.7 Å². The minimum Gasteiger partial charge on any atom is -0.555 e. The Morgan fingerprint density at radius 3 is 2.46 bits per heavy atom. The van der Waals surface area contributed by atoms with E-state index in [1.165, 1.54) is 10.7 Å². The fourth-order valence-corrected chi connectivity index (χ4v) is 3.55. The Morgan fingerprint density at radius 2 is 1.89 bits per heavy atom. The second kappa shape index (κ2) is 5.85. The fourth-order valence-electron chi connectivity index (χ4n) is 3.55. The van der Waals surface area contributed by atoms with Crippen LogP contribution in [0, 0.1) is 5.82 Å². The average molecular weight is 396 g/mol. The summed E-state index contributed by atoms with van der Waals surface area (Å²) in [4.78, 5) is 4.04. The second-order valence-corrected chi connectivity index (χ2v) is 8.27. The Morgan fingerprint density at radius 1 is 1.21 bits per heavy atom. The van der Waals surface area contributed by atoms with E-state index in [0.29, 0.717) is 0 Å². The quantitative estimate of drug-likeness (QED) is 0.784. The van der Waals surface area contributed by atoms with E-state index in [4.69, 9.17) is 22.3 Å². The normalized spacial score (nSPS) is 28.2. The maximum atomic E-state index is 13.5. The highest BCUT2D eigenvalue weighted by Gasteiger charge is 2.54. The molecule has 1 fully saturated rings. The highest BCUT2D eigenvalue weighted by Crippen LogP contribution is 2.42. The van der Waals surface area contributed by atoms with Crippen molar-refractivity contribution >= 4 is 12.2 Å². The van der Waals surface area contributed by atoms with Gasteiger partial charge in [-0.25, -0.2) is 4.39 Å². The molecule has 28 heavy (non-hydrogen) atoms. The Hall–Kier alpha value is -1.81. The maximum Gasteiger partial charge on any atom is 0.412 e. The lowest BCUT2D eigenvalue weighted by Crippen LogP contribution is -2.54. The van der Waals surface area contributed by atoms with Gasteiger partial charge in [0.25, 0.3) is 0 Å². The van der Waals surface area contributed by atoms with E-state index in [9.17, 15) is 9.41 Å². The summed E-state index contributed by atoms with van der Waals surface area (Å²) in [6.07, 6.45) is 0.963. The lowest BCUT2D eigenvalue weighted by atomic mass is 9.67. The van der Waals surface area contributed by atoms with Crippen LogP contribution in [-0.4, -0.2) is 43.3 Å². The van der Waals surface area contributed by atoms with E-state index in [2.05, 4.69) is 10.1 Å². The molecule has 0 radical (unpaired) electrons. The summed E-state index contributed by atoms with van der Waals surface area (Å²) < 4.78 is 79.6. The van der Waals surface area contributed by atoms with Gasteiger partial charge in [0.1, 0.15) is 5.82 Å². The standard InChI is InChI=1S/C19H26BFN3O4/c1-17(2)11-24-14(10-26-17)15(16(23-24)13-8-7-12(21)9-22-13)20(25)27-18(3,4)19(5,6)28-20/h7-9,25H,10-11H2,1-6H3/q-1/i1D3,2D3. The summed E-state index contributed by atoms with van der Waals surface area (Å²) in [6, 6.07) is 2.48. The van der Waals surface area contributed by atoms with Crippen molar-refractivity contribution < 1.29 is 31.7 Å². The van der Waals surface area contributed by atoms with Crippen molar-refractivity contribution in [3.05, 3.63) is 29.8 Å².